The first-order valence-electron chi connectivity index (χ1n) is 7.85. The summed E-state index contributed by atoms with van der Waals surface area (Å²) in [5.41, 5.74) is 6.98. The highest BCUT2D eigenvalue weighted by atomic mass is 79.9. The number of fused-ring (bicyclic) bond motifs is 1. The number of aromatic amines is 1. The Kier molecular flexibility index (Phi) is 4.19. The predicted octanol–water partition coefficient (Wildman–Crippen LogP) is 4.88. The van der Waals surface area contributed by atoms with Crippen LogP contribution in [0.4, 0.5) is 0 Å². The summed E-state index contributed by atoms with van der Waals surface area (Å²) in [7, 11) is 0. The van der Waals surface area contributed by atoms with Crippen molar-refractivity contribution < 1.29 is 0 Å². The number of H-pyrrole nitrogens is 1. The summed E-state index contributed by atoms with van der Waals surface area (Å²) >= 11 is 3.55. The van der Waals surface area contributed by atoms with Gasteiger partial charge in [0.2, 0.25) is 0 Å². The van der Waals surface area contributed by atoms with Crippen LogP contribution in [0.15, 0.2) is 39.6 Å². The third-order valence-electron chi connectivity index (χ3n) is 4.34. The molecule has 0 bridgehead atoms. The van der Waals surface area contributed by atoms with Gasteiger partial charge in [0.25, 0.3) is 0 Å². The maximum Gasteiger partial charge on any atom is 0.326 e. The second-order valence-electron chi connectivity index (χ2n) is 6.44. The first kappa shape index (κ1) is 16.1. The van der Waals surface area contributed by atoms with Gasteiger partial charge in [0.1, 0.15) is 0 Å². The van der Waals surface area contributed by atoms with Crippen molar-refractivity contribution in [3.63, 3.8) is 0 Å². The Morgan fingerprint density at radius 1 is 1.13 bits per heavy atom. The molecule has 0 atom stereocenters. The molecule has 1 aromatic heterocycles. The summed E-state index contributed by atoms with van der Waals surface area (Å²) in [6.45, 7) is 8.35. The number of hydrogen-bond acceptors (Lipinski definition) is 1. The van der Waals surface area contributed by atoms with Gasteiger partial charge in [0.15, 0.2) is 0 Å². The van der Waals surface area contributed by atoms with Crippen molar-refractivity contribution in [2.75, 3.05) is 0 Å². The molecule has 3 nitrogen and oxygen atoms in total. The SMILES string of the molecule is Cc1cc(Br)cc(C)c1Cc1ccc2[nH]c(=O)n(C(C)C)c2c1. The van der Waals surface area contributed by atoms with Gasteiger partial charge < -0.3 is 4.98 Å². The zero-order valence-electron chi connectivity index (χ0n) is 13.9. The molecular formula is C19H21BrN2O. The lowest BCUT2D eigenvalue weighted by Gasteiger charge is -2.12. The first-order chi connectivity index (χ1) is 10.9. The Bertz CT molecular complexity index is 911. The molecule has 0 fully saturated rings. The Labute approximate surface area is 144 Å². The van der Waals surface area contributed by atoms with Gasteiger partial charge >= 0.3 is 5.69 Å². The largest absolute Gasteiger partial charge is 0.326 e. The molecule has 23 heavy (non-hydrogen) atoms. The van der Waals surface area contributed by atoms with Crippen molar-refractivity contribution in [2.45, 2.75) is 40.2 Å². The molecule has 0 unspecified atom stereocenters. The molecule has 0 amide bonds. The predicted molar refractivity (Wildman–Crippen MR) is 99.4 cm³/mol. The topological polar surface area (TPSA) is 37.8 Å². The first-order valence-corrected chi connectivity index (χ1v) is 8.65. The van der Waals surface area contributed by atoms with Crippen molar-refractivity contribution >= 4 is 27.0 Å². The van der Waals surface area contributed by atoms with Crippen molar-refractivity contribution in [1.29, 1.82) is 0 Å². The van der Waals surface area contributed by atoms with E-state index in [1.807, 2.05) is 24.5 Å². The van der Waals surface area contributed by atoms with Gasteiger partial charge in [-0.15, -0.1) is 0 Å². The van der Waals surface area contributed by atoms with Crippen molar-refractivity contribution in [1.82, 2.24) is 9.55 Å². The lowest BCUT2D eigenvalue weighted by molar-refractivity contribution is 0.598. The number of aromatic nitrogens is 2. The molecule has 1 heterocycles. The van der Waals surface area contributed by atoms with Gasteiger partial charge in [-0.2, -0.15) is 0 Å². The molecule has 0 radical (unpaired) electrons. The number of rotatable bonds is 3. The molecule has 0 spiro atoms. The number of benzene rings is 2. The van der Waals surface area contributed by atoms with Gasteiger partial charge in [-0.05, 0) is 80.6 Å². The molecule has 0 aliphatic rings. The van der Waals surface area contributed by atoms with Crippen LogP contribution < -0.4 is 5.69 Å². The molecular weight excluding hydrogens is 352 g/mol. The van der Waals surface area contributed by atoms with E-state index in [2.05, 4.69) is 59.0 Å². The smallest absolute Gasteiger partial charge is 0.306 e. The van der Waals surface area contributed by atoms with Gasteiger partial charge in [0.05, 0.1) is 11.0 Å². The molecule has 0 aliphatic heterocycles. The van der Waals surface area contributed by atoms with E-state index in [0.717, 1.165) is 21.9 Å². The number of hydrogen-bond donors (Lipinski definition) is 1. The van der Waals surface area contributed by atoms with Gasteiger partial charge in [-0.1, -0.05) is 22.0 Å². The van der Waals surface area contributed by atoms with Gasteiger partial charge in [-0.3, -0.25) is 4.57 Å². The zero-order valence-corrected chi connectivity index (χ0v) is 15.5. The summed E-state index contributed by atoms with van der Waals surface area (Å²) in [5, 5.41) is 0. The molecule has 4 heteroatoms. The summed E-state index contributed by atoms with van der Waals surface area (Å²) in [6.07, 6.45) is 0.873. The highest BCUT2D eigenvalue weighted by Gasteiger charge is 2.11. The van der Waals surface area contributed by atoms with Gasteiger partial charge in [0, 0.05) is 10.5 Å². The van der Waals surface area contributed by atoms with Crippen molar-refractivity contribution in [3.8, 4) is 0 Å². The number of imidazole rings is 1. The summed E-state index contributed by atoms with van der Waals surface area (Å²) < 4.78 is 2.94. The standard InChI is InChI=1S/C19H21BrN2O/c1-11(2)22-18-10-14(5-6-17(18)21-19(22)23)9-16-12(3)7-15(20)8-13(16)4/h5-8,10-11H,9H2,1-4H3,(H,21,23). The van der Waals surface area contributed by atoms with Crippen LogP contribution in [-0.4, -0.2) is 9.55 Å². The quantitative estimate of drug-likeness (QED) is 0.698. The second kappa shape index (κ2) is 6.00. The number of halogens is 1. The normalized spacial score (nSPS) is 11.6. The average molecular weight is 373 g/mol. The Morgan fingerprint density at radius 2 is 1.78 bits per heavy atom. The Morgan fingerprint density at radius 3 is 2.39 bits per heavy atom. The Balaban J connectivity index is 2.08. The maximum absolute atomic E-state index is 12.1. The molecule has 1 N–H and O–H groups in total. The second-order valence-corrected chi connectivity index (χ2v) is 7.36. The van der Waals surface area contributed by atoms with Crippen LogP contribution in [0.5, 0.6) is 0 Å². The van der Waals surface area contributed by atoms with E-state index in [1.54, 1.807) is 0 Å². The molecule has 0 aliphatic carbocycles. The van der Waals surface area contributed by atoms with E-state index in [9.17, 15) is 4.79 Å². The zero-order chi connectivity index (χ0) is 16.7. The fourth-order valence-electron chi connectivity index (χ4n) is 3.21. The minimum absolute atomic E-state index is 0.0387. The van der Waals surface area contributed by atoms with Crippen LogP contribution >= 0.6 is 15.9 Å². The number of aryl methyl sites for hydroxylation is 2. The summed E-state index contributed by atoms with van der Waals surface area (Å²) in [4.78, 5) is 15.0. The third kappa shape index (κ3) is 3.00. The summed E-state index contributed by atoms with van der Waals surface area (Å²) in [5.74, 6) is 0. The van der Waals surface area contributed by atoms with Crippen molar-refractivity contribution in [3.05, 3.63) is 67.5 Å². The minimum Gasteiger partial charge on any atom is -0.306 e. The maximum atomic E-state index is 12.1. The van der Waals surface area contributed by atoms with Crippen LogP contribution in [0.2, 0.25) is 0 Å². The van der Waals surface area contributed by atoms with Crippen LogP contribution in [0.1, 0.15) is 42.1 Å². The molecule has 0 saturated carbocycles. The average Bonchev–Trinajstić information content (AvgIpc) is 2.78. The van der Waals surface area contributed by atoms with E-state index in [1.165, 1.54) is 22.3 Å². The lowest BCUT2D eigenvalue weighted by Crippen LogP contribution is -2.18. The molecule has 120 valence electrons. The fourth-order valence-corrected chi connectivity index (χ4v) is 3.90. The highest BCUT2D eigenvalue weighted by Crippen LogP contribution is 2.24. The minimum atomic E-state index is -0.0387. The van der Waals surface area contributed by atoms with E-state index in [0.29, 0.717) is 0 Å². The third-order valence-corrected chi connectivity index (χ3v) is 4.80. The van der Waals surface area contributed by atoms with Crippen LogP contribution in [-0.2, 0) is 6.42 Å². The van der Waals surface area contributed by atoms with E-state index in [-0.39, 0.29) is 11.7 Å². The van der Waals surface area contributed by atoms with Crippen LogP contribution in [0.25, 0.3) is 11.0 Å². The lowest BCUT2D eigenvalue weighted by atomic mass is 9.96. The van der Waals surface area contributed by atoms with Crippen LogP contribution in [0.3, 0.4) is 0 Å². The number of nitrogens with zero attached hydrogens (tertiary/aromatic N) is 1. The molecule has 2 aromatic carbocycles. The van der Waals surface area contributed by atoms with E-state index >= 15 is 0 Å². The highest BCUT2D eigenvalue weighted by molar-refractivity contribution is 9.10. The van der Waals surface area contributed by atoms with Crippen molar-refractivity contribution in [2.24, 2.45) is 0 Å². The number of nitrogens with one attached hydrogen (secondary N) is 1. The van der Waals surface area contributed by atoms with E-state index < -0.39 is 0 Å². The van der Waals surface area contributed by atoms with Crippen LogP contribution in [0, 0.1) is 13.8 Å². The molecule has 3 aromatic rings. The summed E-state index contributed by atoms with van der Waals surface area (Å²) in [6, 6.07) is 10.7. The van der Waals surface area contributed by atoms with E-state index in [4.69, 9.17) is 0 Å². The molecule has 3 rings (SSSR count). The Hall–Kier alpha value is -1.81. The fraction of sp³-hybridized carbons (Fsp3) is 0.316. The molecule has 0 saturated heterocycles. The van der Waals surface area contributed by atoms with Gasteiger partial charge in [-0.25, -0.2) is 4.79 Å². The monoisotopic (exact) mass is 372 g/mol.